The number of Topliss-reactive ketones (excluding diaryl/α,β-unsaturated/α-hetero) is 2. The van der Waals surface area contributed by atoms with Crippen LogP contribution in [0.25, 0.3) is 0 Å². The van der Waals surface area contributed by atoms with Gasteiger partial charge in [0.15, 0.2) is 0 Å². The van der Waals surface area contributed by atoms with Gasteiger partial charge in [0.25, 0.3) is 0 Å². The van der Waals surface area contributed by atoms with Gasteiger partial charge in [-0.25, -0.2) is 0 Å². The monoisotopic (exact) mass is 248 g/mol. The molecule has 4 atom stereocenters. The van der Waals surface area contributed by atoms with Crippen molar-refractivity contribution in [1.29, 1.82) is 0 Å². The van der Waals surface area contributed by atoms with Gasteiger partial charge in [-0.05, 0) is 17.9 Å². The maximum atomic E-state index is 12.7. The van der Waals surface area contributed by atoms with Crippen molar-refractivity contribution in [2.75, 3.05) is 7.11 Å². The molecule has 2 fully saturated rings. The summed E-state index contributed by atoms with van der Waals surface area (Å²) in [5.41, 5.74) is -0.615. The summed E-state index contributed by atoms with van der Waals surface area (Å²) >= 11 is 0. The first-order chi connectivity index (χ1) is 8.34. The summed E-state index contributed by atoms with van der Waals surface area (Å²) in [6, 6.07) is 0. The number of allylic oxidation sites excluding steroid dienone is 2. The molecule has 0 saturated heterocycles. The summed E-state index contributed by atoms with van der Waals surface area (Å²) in [6.45, 7) is 6.05. The van der Waals surface area contributed by atoms with Crippen molar-refractivity contribution in [2.45, 2.75) is 33.6 Å². The Morgan fingerprint density at radius 3 is 2.50 bits per heavy atom. The summed E-state index contributed by atoms with van der Waals surface area (Å²) in [5.74, 6) is 1.19. The summed E-state index contributed by atoms with van der Waals surface area (Å²) in [5, 5.41) is 0. The minimum absolute atomic E-state index is 0.0382. The Labute approximate surface area is 108 Å². The van der Waals surface area contributed by atoms with Crippen molar-refractivity contribution in [2.24, 2.45) is 28.6 Å². The predicted molar refractivity (Wildman–Crippen MR) is 66.7 cm³/mol. The van der Waals surface area contributed by atoms with Gasteiger partial charge in [-0.2, -0.15) is 0 Å². The average molecular weight is 248 g/mol. The molecule has 0 aliphatic heterocycles. The van der Waals surface area contributed by atoms with E-state index in [-0.39, 0.29) is 29.0 Å². The van der Waals surface area contributed by atoms with Gasteiger partial charge in [0.05, 0.1) is 12.9 Å². The molecule has 0 spiro atoms. The van der Waals surface area contributed by atoms with E-state index in [1.54, 1.807) is 7.11 Å². The number of carbonyl (C=O) groups excluding carboxylic acids is 2. The van der Waals surface area contributed by atoms with E-state index in [1.165, 1.54) is 0 Å². The van der Waals surface area contributed by atoms with E-state index in [0.717, 1.165) is 5.76 Å². The number of hydrogen-bond donors (Lipinski definition) is 0. The minimum Gasteiger partial charge on any atom is -0.501 e. The third-order valence-corrected chi connectivity index (χ3v) is 5.51. The van der Waals surface area contributed by atoms with Crippen LogP contribution in [0.3, 0.4) is 0 Å². The SMILES string of the molecule is COC1=CC[C@@]2(C)C(=O)[C@H]3[C@@H](C(=O)C2C1)C3(C)C. The van der Waals surface area contributed by atoms with Crippen LogP contribution in [0.1, 0.15) is 33.6 Å². The standard InChI is InChI=1S/C15H20O3/c1-14(2)10-11(14)13(17)15(3)6-5-8(18-4)7-9(15)12(10)16/h5,9-11H,6-7H2,1-4H3/t9?,10-,11+,15+/m0/s1. The molecule has 3 aliphatic carbocycles. The number of methoxy groups -OCH3 is 1. The highest BCUT2D eigenvalue weighted by Gasteiger charge is 2.73. The van der Waals surface area contributed by atoms with E-state index in [4.69, 9.17) is 4.74 Å². The third-order valence-electron chi connectivity index (χ3n) is 5.51. The Kier molecular flexibility index (Phi) is 2.16. The molecule has 3 aliphatic rings. The molecule has 0 bridgehead atoms. The van der Waals surface area contributed by atoms with Crippen LogP contribution in [0.4, 0.5) is 0 Å². The van der Waals surface area contributed by atoms with Crippen molar-refractivity contribution in [3.8, 4) is 0 Å². The van der Waals surface area contributed by atoms with Crippen LogP contribution in [0, 0.1) is 28.6 Å². The lowest BCUT2D eigenvalue weighted by atomic mass is 9.61. The second-order valence-corrected chi connectivity index (χ2v) is 6.80. The lowest BCUT2D eigenvalue weighted by Gasteiger charge is -2.41. The van der Waals surface area contributed by atoms with Crippen LogP contribution >= 0.6 is 0 Å². The van der Waals surface area contributed by atoms with Gasteiger partial charge in [-0.15, -0.1) is 0 Å². The number of hydrogen-bond acceptors (Lipinski definition) is 3. The first kappa shape index (κ1) is 11.9. The fraction of sp³-hybridized carbons (Fsp3) is 0.733. The molecule has 1 unspecified atom stereocenters. The molecule has 3 nitrogen and oxygen atoms in total. The fourth-order valence-electron chi connectivity index (χ4n) is 4.06. The molecule has 0 radical (unpaired) electrons. The zero-order valence-electron chi connectivity index (χ0n) is 11.4. The van der Waals surface area contributed by atoms with Gasteiger partial charge >= 0.3 is 0 Å². The number of carbonyl (C=O) groups is 2. The van der Waals surface area contributed by atoms with Crippen molar-refractivity contribution in [3.63, 3.8) is 0 Å². The molecular weight excluding hydrogens is 228 g/mol. The molecule has 0 amide bonds. The molecule has 0 aromatic rings. The Morgan fingerprint density at radius 1 is 1.22 bits per heavy atom. The van der Waals surface area contributed by atoms with Crippen LogP contribution in [-0.2, 0) is 14.3 Å². The zero-order valence-corrected chi connectivity index (χ0v) is 11.4. The molecule has 18 heavy (non-hydrogen) atoms. The van der Waals surface area contributed by atoms with Crippen LogP contribution in [0.15, 0.2) is 11.8 Å². The van der Waals surface area contributed by atoms with Crippen LogP contribution < -0.4 is 0 Å². The van der Waals surface area contributed by atoms with Gasteiger partial charge in [0.1, 0.15) is 11.6 Å². The topological polar surface area (TPSA) is 43.4 Å². The molecule has 0 aromatic heterocycles. The Morgan fingerprint density at radius 2 is 1.89 bits per heavy atom. The second kappa shape index (κ2) is 3.25. The van der Waals surface area contributed by atoms with E-state index in [0.29, 0.717) is 18.6 Å². The lowest BCUT2D eigenvalue weighted by Crippen LogP contribution is -2.47. The minimum atomic E-state index is -0.492. The van der Waals surface area contributed by atoms with Crippen molar-refractivity contribution in [1.82, 2.24) is 0 Å². The normalized spacial score (nSPS) is 44.9. The lowest BCUT2D eigenvalue weighted by molar-refractivity contribution is -0.146. The van der Waals surface area contributed by atoms with Crippen molar-refractivity contribution < 1.29 is 14.3 Å². The number of fused-ring (bicyclic) bond motifs is 2. The molecule has 0 heterocycles. The second-order valence-electron chi connectivity index (χ2n) is 6.80. The van der Waals surface area contributed by atoms with Crippen LogP contribution in [0.2, 0.25) is 0 Å². The summed E-state index contributed by atoms with van der Waals surface area (Å²) in [7, 11) is 1.63. The van der Waals surface area contributed by atoms with Crippen molar-refractivity contribution in [3.05, 3.63) is 11.8 Å². The Bertz CT molecular complexity index is 474. The fourth-order valence-corrected chi connectivity index (χ4v) is 4.06. The van der Waals surface area contributed by atoms with E-state index < -0.39 is 5.41 Å². The number of rotatable bonds is 1. The van der Waals surface area contributed by atoms with Gasteiger partial charge in [0, 0.05) is 29.6 Å². The summed E-state index contributed by atoms with van der Waals surface area (Å²) < 4.78 is 5.27. The first-order valence-corrected chi connectivity index (χ1v) is 6.65. The average Bonchev–Trinajstić information content (AvgIpc) is 2.90. The van der Waals surface area contributed by atoms with Gasteiger partial charge in [-0.3, -0.25) is 9.59 Å². The first-order valence-electron chi connectivity index (χ1n) is 6.65. The Balaban J connectivity index is 2.01. The van der Waals surface area contributed by atoms with E-state index in [9.17, 15) is 9.59 Å². The highest BCUT2D eigenvalue weighted by Crippen LogP contribution is 2.67. The van der Waals surface area contributed by atoms with Crippen LogP contribution in [-0.4, -0.2) is 18.7 Å². The molecule has 3 heteroatoms. The smallest absolute Gasteiger partial charge is 0.144 e. The number of ketones is 2. The van der Waals surface area contributed by atoms with Crippen LogP contribution in [0.5, 0.6) is 0 Å². The van der Waals surface area contributed by atoms with Gasteiger partial charge in [0.2, 0.25) is 0 Å². The third kappa shape index (κ3) is 1.20. The van der Waals surface area contributed by atoms with Gasteiger partial charge in [-0.1, -0.05) is 20.8 Å². The molecule has 98 valence electrons. The summed E-state index contributed by atoms with van der Waals surface area (Å²) in [4.78, 5) is 25.3. The highest BCUT2D eigenvalue weighted by atomic mass is 16.5. The van der Waals surface area contributed by atoms with E-state index in [1.807, 2.05) is 26.8 Å². The molecular formula is C15H20O3. The number of ether oxygens (including phenoxy) is 1. The molecule has 3 rings (SSSR count). The maximum Gasteiger partial charge on any atom is 0.144 e. The molecule has 0 aromatic carbocycles. The van der Waals surface area contributed by atoms with Crippen molar-refractivity contribution >= 4 is 11.6 Å². The highest BCUT2D eigenvalue weighted by molar-refractivity contribution is 6.07. The van der Waals surface area contributed by atoms with Gasteiger partial charge < -0.3 is 4.74 Å². The quantitative estimate of drug-likeness (QED) is 0.715. The zero-order chi connectivity index (χ0) is 13.3. The Hall–Kier alpha value is -1.12. The predicted octanol–water partition coefficient (Wildman–Crippen LogP) is 2.36. The largest absolute Gasteiger partial charge is 0.501 e. The van der Waals surface area contributed by atoms with E-state index in [2.05, 4.69) is 0 Å². The maximum absolute atomic E-state index is 12.7. The molecule has 0 N–H and O–H groups in total. The summed E-state index contributed by atoms with van der Waals surface area (Å²) in [6.07, 6.45) is 3.22. The van der Waals surface area contributed by atoms with E-state index >= 15 is 0 Å². The molecule has 2 saturated carbocycles.